The van der Waals surface area contributed by atoms with Gasteiger partial charge < -0.3 is 19.2 Å². The summed E-state index contributed by atoms with van der Waals surface area (Å²) in [5.41, 5.74) is 1.05. The zero-order valence-electron chi connectivity index (χ0n) is 23.6. The molecule has 43 heavy (non-hydrogen) atoms. The highest BCUT2D eigenvalue weighted by atomic mass is 16.5. The first-order valence-electron chi connectivity index (χ1n) is 14.7. The summed E-state index contributed by atoms with van der Waals surface area (Å²) < 4.78 is 20.8. The van der Waals surface area contributed by atoms with Gasteiger partial charge in [0.25, 0.3) is 5.56 Å². The van der Waals surface area contributed by atoms with Crippen molar-refractivity contribution in [2.75, 3.05) is 13.1 Å². The molecule has 11 nitrogen and oxygen atoms in total. The Kier molecular flexibility index (Phi) is 7.58. The van der Waals surface area contributed by atoms with Gasteiger partial charge in [0, 0.05) is 36.4 Å². The lowest BCUT2D eigenvalue weighted by atomic mass is 10.1. The maximum Gasteiger partial charge on any atom is 0.323 e. The zero-order chi connectivity index (χ0) is 29.0. The molecule has 1 saturated heterocycles. The van der Waals surface area contributed by atoms with E-state index in [0.29, 0.717) is 39.8 Å². The molecule has 0 radical (unpaired) electrons. The van der Waals surface area contributed by atoms with Crippen LogP contribution in [0.25, 0.3) is 16.9 Å². The Morgan fingerprint density at radius 1 is 1.07 bits per heavy atom. The number of nitrogens with zero attached hydrogens (tertiary/aromatic N) is 6. The van der Waals surface area contributed by atoms with Gasteiger partial charge in [0.2, 0.25) is 5.88 Å². The average molecular weight is 578 g/mol. The number of ether oxygens (including phenoxy) is 2. The van der Waals surface area contributed by atoms with E-state index in [4.69, 9.17) is 13.9 Å². The topological polar surface area (TPSA) is 122 Å². The number of fused-ring (bicyclic) bond motifs is 1. The van der Waals surface area contributed by atoms with E-state index in [1.807, 2.05) is 24.3 Å². The van der Waals surface area contributed by atoms with E-state index >= 15 is 0 Å². The quantitative estimate of drug-likeness (QED) is 0.279. The van der Waals surface area contributed by atoms with E-state index in [9.17, 15) is 4.79 Å². The number of hydrogen-bond acceptors (Lipinski definition) is 9. The highest BCUT2D eigenvalue weighted by molar-refractivity contribution is 5.76. The molecule has 0 bridgehead atoms. The van der Waals surface area contributed by atoms with Gasteiger partial charge >= 0.3 is 6.01 Å². The summed E-state index contributed by atoms with van der Waals surface area (Å²) in [5, 5.41) is 8.27. The Morgan fingerprint density at radius 3 is 2.72 bits per heavy atom. The number of piperidine rings is 1. The molecule has 4 aromatic heterocycles. The lowest BCUT2D eigenvalue weighted by Crippen LogP contribution is -2.37. The molecule has 11 heteroatoms. The van der Waals surface area contributed by atoms with Crippen molar-refractivity contribution in [2.45, 2.75) is 51.2 Å². The van der Waals surface area contributed by atoms with Gasteiger partial charge in [0.05, 0.1) is 12.1 Å². The number of pyridine rings is 1. The molecule has 0 amide bonds. The molecule has 5 heterocycles. The van der Waals surface area contributed by atoms with Crippen molar-refractivity contribution in [3.05, 3.63) is 83.0 Å². The summed E-state index contributed by atoms with van der Waals surface area (Å²) in [5.74, 6) is 8.52. The van der Waals surface area contributed by atoms with Crippen molar-refractivity contribution >= 4 is 11.0 Å². The number of rotatable bonds is 7. The fourth-order valence-electron chi connectivity index (χ4n) is 5.58. The third-order valence-electron chi connectivity index (χ3n) is 7.80. The van der Waals surface area contributed by atoms with Gasteiger partial charge in [-0.25, -0.2) is 14.6 Å². The van der Waals surface area contributed by atoms with Crippen LogP contribution < -0.4 is 20.3 Å². The lowest BCUT2D eigenvalue weighted by molar-refractivity contribution is 0.167. The van der Waals surface area contributed by atoms with Crippen LogP contribution in [0.3, 0.4) is 0 Å². The monoisotopic (exact) mass is 577 g/mol. The summed E-state index contributed by atoms with van der Waals surface area (Å²) in [6.07, 6.45) is 13.2. The fourth-order valence-corrected chi connectivity index (χ4v) is 5.58. The van der Waals surface area contributed by atoms with Crippen LogP contribution in [0.15, 0.2) is 70.6 Å². The van der Waals surface area contributed by atoms with Crippen LogP contribution in [0.5, 0.6) is 17.5 Å². The minimum atomic E-state index is -0.268. The van der Waals surface area contributed by atoms with E-state index in [2.05, 4.69) is 37.2 Å². The van der Waals surface area contributed by atoms with Crippen molar-refractivity contribution in [1.82, 2.24) is 34.6 Å². The zero-order valence-corrected chi connectivity index (χ0v) is 23.6. The largest absolute Gasteiger partial charge is 0.489 e. The number of oxazole rings is 1. The summed E-state index contributed by atoms with van der Waals surface area (Å²) in [6, 6.07) is 11.0. The van der Waals surface area contributed by atoms with E-state index < -0.39 is 0 Å². The van der Waals surface area contributed by atoms with Crippen LogP contribution in [-0.4, -0.2) is 48.5 Å². The van der Waals surface area contributed by atoms with Gasteiger partial charge in [-0.3, -0.25) is 9.36 Å². The second-order valence-corrected chi connectivity index (χ2v) is 10.8. The van der Waals surface area contributed by atoms with Crippen molar-refractivity contribution in [3.63, 3.8) is 0 Å². The summed E-state index contributed by atoms with van der Waals surface area (Å²) in [7, 11) is 0. The number of benzene rings is 1. The lowest BCUT2D eigenvalue weighted by Gasteiger charge is -2.23. The van der Waals surface area contributed by atoms with Crippen LogP contribution in [0.1, 0.15) is 49.8 Å². The molecule has 1 N–H and O–H groups in total. The van der Waals surface area contributed by atoms with Crippen LogP contribution >= 0.6 is 0 Å². The molecule has 2 aliphatic rings. The standard InChI is InChI=1S/C32H31N7O4/c40-30-23(9-8-22-5-1-2-6-22)17-24-18-34-32(43-26-12-10-25(11-13-26)42-27-7-3-14-33-19-27)37-29(24)38(30)20-28-31(41-21-35-28)39-16-4-15-36-39/h4,10-13,15-18,21-22,27,33H,1-3,5-7,14,19-20H2. The smallest absolute Gasteiger partial charge is 0.323 e. The Balaban J connectivity index is 1.21. The molecule has 2 fully saturated rings. The molecule has 5 aromatic rings. The number of aromatic nitrogens is 6. The Hall–Kier alpha value is -4.95. The maximum absolute atomic E-state index is 13.8. The molecule has 1 aliphatic heterocycles. The van der Waals surface area contributed by atoms with Gasteiger partial charge in [-0.2, -0.15) is 10.1 Å². The third-order valence-corrected chi connectivity index (χ3v) is 7.80. The first kappa shape index (κ1) is 26.9. The second-order valence-electron chi connectivity index (χ2n) is 10.8. The van der Waals surface area contributed by atoms with Crippen LogP contribution in [0.2, 0.25) is 0 Å². The second kappa shape index (κ2) is 12.1. The molecule has 1 unspecified atom stereocenters. The minimum absolute atomic E-state index is 0.0957. The Morgan fingerprint density at radius 2 is 1.93 bits per heavy atom. The molecule has 1 aliphatic carbocycles. The van der Waals surface area contributed by atoms with Crippen molar-refractivity contribution < 1.29 is 13.9 Å². The van der Waals surface area contributed by atoms with Gasteiger partial charge in [0.15, 0.2) is 12.0 Å². The molecule has 1 atom stereocenters. The predicted octanol–water partition coefficient (Wildman–Crippen LogP) is 4.48. The fraction of sp³-hybridized carbons (Fsp3) is 0.344. The van der Waals surface area contributed by atoms with Gasteiger partial charge in [-0.15, -0.1) is 0 Å². The average Bonchev–Trinajstić information content (AvgIpc) is 3.83. The summed E-state index contributed by atoms with van der Waals surface area (Å²) in [4.78, 5) is 27.3. The SMILES string of the molecule is O=c1c(C#CC2CCCC2)cc2cnc(Oc3ccc(OC4CCCNC4)cc3)nc2n1Cc1ncoc1-n1cccn1. The van der Waals surface area contributed by atoms with Crippen LogP contribution in [0, 0.1) is 17.8 Å². The normalized spacial score (nSPS) is 17.1. The number of hydrogen-bond donors (Lipinski definition) is 1. The van der Waals surface area contributed by atoms with Crippen molar-refractivity contribution in [2.24, 2.45) is 5.92 Å². The predicted molar refractivity (Wildman–Crippen MR) is 158 cm³/mol. The number of nitrogens with one attached hydrogen (secondary N) is 1. The van der Waals surface area contributed by atoms with Crippen molar-refractivity contribution in [3.8, 4) is 35.2 Å². The molecule has 1 saturated carbocycles. The van der Waals surface area contributed by atoms with E-state index in [1.165, 1.54) is 19.2 Å². The molecular formula is C32H31N7O4. The Bertz CT molecular complexity index is 1820. The molecule has 218 valence electrons. The van der Waals surface area contributed by atoms with Crippen LogP contribution in [-0.2, 0) is 6.54 Å². The highest BCUT2D eigenvalue weighted by Crippen LogP contribution is 2.26. The maximum atomic E-state index is 13.8. The van der Waals surface area contributed by atoms with Gasteiger partial charge in [-0.1, -0.05) is 24.7 Å². The van der Waals surface area contributed by atoms with E-state index in [-0.39, 0.29) is 24.2 Å². The third kappa shape index (κ3) is 6.01. The molecule has 7 rings (SSSR count). The minimum Gasteiger partial charge on any atom is -0.489 e. The van der Waals surface area contributed by atoms with Crippen molar-refractivity contribution in [1.29, 1.82) is 0 Å². The van der Waals surface area contributed by atoms with Gasteiger partial charge in [0.1, 0.15) is 23.3 Å². The molecule has 1 aromatic carbocycles. The molecular weight excluding hydrogens is 546 g/mol. The van der Waals surface area contributed by atoms with E-state index in [1.54, 1.807) is 40.0 Å². The van der Waals surface area contributed by atoms with Gasteiger partial charge in [-0.05, 0) is 68.6 Å². The van der Waals surface area contributed by atoms with Crippen LogP contribution in [0.4, 0.5) is 0 Å². The summed E-state index contributed by atoms with van der Waals surface area (Å²) in [6.45, 7) is 1.97. The highest BCUT2D eigenvalue weighted by Gasteiger charge is 2.19. The first-order valence-corrected chi connectivity index (χ1v) is 14.7. The summed E-state index contributed by atoms with van der Waals surface area (Å²) >= 11 is 0. The van der Waals surface area contributed by atoms with E-state index in [0.717, 1.165) is 44.5 Å². The molecule has 0 spiro atoms. The Labute approximate surface area is 247 Å². The first-order chi connectivity index (χ1) is 21.2.